The second kappa shape index (κ2) is 4.99. The van der Waals surface area contributed by atoms with Crippen LogP contribution in [0.3, 0.4) is 0 Å². The van der Waals surface area contributed by atoms with Gasteiger partial charge in [-0.1, -0.05) is 30.3 Å². The fourth-order valence-corrected chi connectivity index (χ4v) is 1.83. The quantitative estimate of drug-likeness (QED) is 0.757. The maximum atomic E-state index is 5.86. The fraction of sp³-hybridized carbons (Fsp3) is 0.154. The number of ether oxygens (including phenoxy) is 1. The fourth-order valence-electron chi connectivity index (χ4n) is 1.62. The number of aromatic nitrogens is 1. The third kappa shape index (κ3) is 2.02. The zero-order chi connectivity index (χ0) is 11.4. The van der Waals surface area contributed by atoms with Gasteiger partial charge in [-0.2, -0.15) is 0 Å². The highest BCUT2D eigenvalue weighted by Crippen LogP contribution is 2.31. The minimum atomic E-state index is 0.422. The van der Waals surface area contributed by atoms with Crippen molar-refractivity contribution in [1.29, 1.82) is 0 Å². The van der Waals surface area contributed by atoms with E-state index in [1.165, 1.54) is 0 Å². The number of hydrogen-bond donors (Lipinski definition) is 0. The Morgan fingerprint density at radius 3 is 2.56 bits per heavy atom. The molecule has 0 radical (unpaired) electrons. The van der Waals surface area contributed by atoms with Crippen LogP contribution in [0.2, 0.25) is 0 Å². The summed E-state index contributed by atoms with van der Waals surface area (Å²) in [5, 5.41) is 0. The Balaban J connectivity index is 2.57. The highest BCUT2D eigenvalue weighted by atomic mass is 35.5. The normalized spacial score (nSPS) is 10.1. The lowest BCUT2D eigenvalue weighted by molar-refractivity contribution is 0.411. The molecule has 82 valence electrons. The highest BCUT2D eigenvalue weighted by molar-refractivity contribution is 6.17. The van der Waals surface area contributed by atoms with Gasteiger partial charge in [-0.05, 0) is 6.07 Å². The van der Waals surface area contributed by atoms with Crippen molar-refractivity contribution >= 4 is 11.6 Å². The van der Waals surface area contributed by atoms with Gasteiger partial charge in [0.15, 0.2) is 0 Å². The molecule has 0 spiro atoms. The summed E-state index contributed by atoms with van der Waals surface area (Å²) in [6.45, 7) is 0. The van der Waals surface area contributed by atoms with Crippen LogP contribution in [0.1, 0.15) is 5.56 Å². The second-order valence-electron chi connectivity index (χ2n) is 3.35. The molecule has 2 nitrogen and oxygen atoms in total. The summed E-state index contributed by atoms with van der Waals surface area (Å²) in [6, 6.07) is 11.8. The van der Waals surface area contributed by atoms with Gasteiger partial charge >= 0.3 is 0 Å². The van der Waals surface area contributed by atoms with Crippen molar-refractivity contribution in [3.63, 3.8) is 0 Å². The number of alkyl halides is 1. The zero-order valence-corrected chi connectivity index (χ0v) is 9.74. The van der Waals surface area contributed by atoms with E-state index in [1.54, 1.807) is 13.3 Å². The highest BCUT2D eigenvalue weighted by Gasteiger charge is 2.10. The van der Waals surface area contributed by atoms with Crippen molar-refractivity contribution in [2.75, 3.05) is 7.11 Å². The van der Waals surface area contributed by atoms with E-state index in [1.807, 2.05) is 36.4 Å². The molecular formula is C13H12ClNO. The Kier molecular flexibility index (Phi) is 3.42. The Labute approximate surface area is 99.9 Å². The van der Waals surface area contributed by atoms with E-state index in [4.69, 9.17) is 16.3 Å². The van der Waals surface area contributed by atoms with Gasteiger partial charge in [0.05, 0.1) is 13.0 Å². The van der Waals surface area contributed by atoms with Gasteiger partial charge in [-0.15, -0.1) is 11.6 Å². The number of nitrogens with zero attached hydrogens (tertiary/aromatic N) is 1. The number of benzene rings is 1. The molecular weight excluding hydrogens is 222 g/mol. The van der Waals surface area contributed by atoms with Crippen LogP contribution in [0, 0.1) is 0 Å². The predicted octanol–water partition coefficient (Wildman–Crippen LogP) is 3.50. The van der Waals surface area contributed by atoms with E-state index in [9.17, 15) is 0 Å². The first-order valence-electron chi connectivity index (χ1n) is 5.00. The average Bonchev–Trinajstić information content (AvgIpc) is 2.38. The van der Waals surface area contributed by atoms with Crippen LogP contribution in [-0.4, -0.2) is 12.1 Å². The van der Waals surface area contributed by atoms with Crippen LogP contribution in [0.5, 0.6) is 5.75 Å². The van der Waals surface area contributed by atoms with E-state index in [2.05, 4.69) is 4.98 Å². The average molecular weight is 234 g/mol. The summed E-state index contributed by atoms with van der Waals surface area (Å²) in [5.41, 5.74) is 2.82. The van der Waals surface area contributed by atoms with Crippen LogP contribution >= 0.6 is 11.6 Å². The van der Waals surface area contributed by atoms with Crippen molar-refractivity contribution in [2.24, 2.45) is 0 Å². The number of pyridine rings is 1. The first-order valence-corrected chi connectivity index (χ1v) is 5.53. The number of methoxy groups -OCH3 is 1. The maximum absolute atomic E-state index is 5.86. The molecule has 0 N–H and O–H groups in total. The molecule has 0 saturated carbocycles. The molecule has 1 aromatic heterocycles. The van der Waals surface area contributed by atoms with Gasteiger partial charge in [0.25, 0.3) is 0 Å². The van der Waals surface area contributed by atoms with Crippen molar-refractivity contribution in [3.8, 4) is 17.0 Å². The molecule has 0 unspecified atom stereocenters. The molecule has 0 amide bonds. The van der Waals surface area contributed by atoms with E-state index in [0.717, 1.165) is 22.6 Å². The van der Waals surface area contributed by atoms with Gasteiger partial charge in [0.1, 0.15) is 11.4 Å². The number of hydrogen-bond acceptors (Lipinski definition) is 2. The summed E-state index contributed by atoms with van der Waals surface area (Å²) in [6.07, 6.45) is 1.75. The molecule has 0 fully saturated rings. The van der Waals surface area contributed by atoms with Crippen molar-refractivity contribution in [2.45, 2.75) is 5.88 Å². The molecule has 1 heterocycles. The molecule has 2 aromatic rings. The van der Waals surface area contributed by atoms with Gasteiger partial charge in [-0.3, -0.25) is 4.98 Å². The standard InChI is InChI=1S/C13H12ClNO/c1-16-13-11(9-14)7-8-15-12(13)10-5-3-2-4-6-10/h2-8H,9H2,1H3. The topological polar surface area (TPSA) is 22.1 Å². The molecule has 16 heavy (non-hydrogen) atoms. The smallest absolute Gasteiger partial charge is 0.149 e. The summed E-state index contributed by atoms with van der Waals surface area (Å²) in [4.78, 5) is 4.34. The second-order valence-corrected chi connectivity index (χ2v) is 3.62. The molecule has 0 aliphatic rings. The third-order valence-corrected chi connectivity index (χ3v) is 2.67. The SMILES string of the molecule is COc1c(CCl)ccnc1-c1ccccc1. The van der Waals surface area contributed by atoms with E-state index >= 15 is 0 Å². The van der Waals surface area contributed by atoms with Crippen LogP contribution in [-0.2, 0) is 5.88 Å². The summed E-state index contributed by atoms with van der Waals surface area (Å²) in [7, 11) is 1.64. The van der Waals surface area contributed by atoms with Crippen molar-refractivity contribution in [3.05, 3.63) is 48.2 Å². The molecule has 0 aliphatic heterocycles. The van der Waals surface area contributed by atoms with Crippen LogP contribution < -0.4 is 4.74 Å². The van der Waals surface area contributed by atoms with Crippen LogP contribution in [0.4, 0.5) is 0 Å². The Morgan fingerprint density at radius 2 is 1.94 bits per heavy atom. The molecule has 2 rings (SSSR count). The Hall–Kier alpha value is -1.54. The number of halogens is 1. The van der Waals surface area contributed by atoms with Gasteiger partial charge in [0.2, 0.25) is 0 Å². The minimum Gasteiger partial charge on any atom is -0.494 e. The first-order chi connectivity index (χ1) is 7.86. The summed E-state index contributed by atoms with van der Waals surface area (Å²) in [5.74, 6) is 1.18. The molecule has 0 aliphatic carbocycles. The zero-order valence-electron chi connectivity index (χ0n) is 8.98. The largest absolute Gasteiger partial charge is 0.494 e. The Morgan fingerprint density at radius 1 is 1.19 bits per heavy atom. The molecule has 0 atom stereocenters. The minimum absolute atomic E-state index is 0.422. The first kappa shape index (κ1) is 11.0. The lowest BCUT2D eigenvalue weighted by Crippen LogP contribution is -1.95. The van der Waals surface area contributed by atoms with Gasteiger partial charge in [-0.25, -0.2) is 0 Å². The van der Waals surface area contributed by atoms with Gasteiger partial charge in [0, 0.05) is 17.3 Å². The Bertz CT molecular complexity index is 471. The molecule has 3 heteroatoms. The molecule has 1 aromatic carbocycles. The lowest BCUT2D eigenvalue weighted by Gasteiger charge is -2.10. The van der Waals surface area contributed by atoms with E-state index in [-0.39, 0.29) is 0 Å². The summed E-state index contributed by atoms with van der Waals surface area (Å²) < 4.78 is 5.37. The third-order valence-electron chi connectivity index (χ3n) is 2.38. The van der Waals surface area contributed by atoms with Crippen molar-refractivity contribution in [1.82, 2.24) is 4.98 Å². The van der Waals surface area contributed by atoms with E-state index in [0.29, 0.717) is 5.88 Å². The summed E-state index contributed by atoms with van der Waals surface area (Å²) >= 11 is 5.86. The van der Waals surface area contributed by atoms with Crippen LogP contribution in [0.25, 0.3) is 11.3 Å². The maximum Gasteiger partial charge on any atom is 0.149 e. The molecule has 0 saturated heterocycles. The molecule has 0 bridgehead atoms. The van der Waals surface area contributed by atoms with Gasteiger partial charge < -0.3 is 4.74 Å². The van der Waals surface area contributed by atoms with Crippen LogP contribution in [0.15, 0.2) is 42.6 Å². The lowest BCUT2D eigenvalue weighted by atomic mass is 10.1. The predicted molar refractivity (Wildman–Crippen MR) is 65.8 cm³/mol. The number of rotatable bonds is 3. The monoisotopic (exact) mass is 233 g/mol. The van der Waals surface area contributed by atoms with E-state index < -0.39 is 0 Å². The van der Waals surface area contributed by atoms with Crippen molar-refractivity contribution < 1.29 is 4.74 Å².